The van der Waals surface area contributed by atoms with Crippen LogP contribution in [-0.2, 0) is 25.0 Å². The molecule has 35 heavy (non-hydrogen) atoms. The normalized spacial score (nSPS) is 19.9. The number of nitrogens with zero attached hydrogens (tertiary/aromatic N) is 2. The number of piperidine rings is 1. The number of hydrogen-bond acceptors (Lipinski definition) is 5. The van der Waals surface area contributed by atoms with Crippen molar-refractivity contribution >= 4 is 33.2 Å². The van der Waals surface area contributed by atoms with Crippen molar-refractivity contribution in [2.45, 2.75) is 50.8 Å². The maximum atomic E-state index is 13.3. The van der Waals surface area contributed by atoms with E-state index in [0.29, 0.717) is 48.3 Å². The summed E-state index contributed by atoms with van der Waals surface area (Å²) in [5, 5.41) is 2.81. The minimum absolute atomic E-state index is 0.168. The smallest absolute Gasteiger partial charge is 0.244 e. The summed E-state index contributed by atoms with van der Waals surface area (Å²) in [7, 11) is -3.66. The molecule has 2 aromatic carbocycles. The topological polar surface area (TPSA) is 96.0 Å². The fourth-order valence-corrected chi connectivity index (χ4v) is 6.41. The van der Waals surface area contributed by atoms with E-state index in [0.717, 1.165) is 12.8 Å². The lowest BCUT2D eigenvalue weighted by Gasteiger charge is -2.30. The Balaban J connectivity index is 1.55. The first-order chi connectivity index (χ1) is 16.5. The standard InChI is InChI=1S/C26H33N3O5S/c1-5-34-20-10-8-19(9-11-20)27-24(30)17-29-23-13-12-21(15-22(23)26(3,4)25(29)31)35(32,33)28-14-6-7-18(2)16-28/h8-13,15,18H,5-7,14,16-17H2,1-4H3,(H,27,30)/t18-/m1/s1. The predicted molar refractivity (Wildman–Crippen MR) is 135 cm³/mol. The van der Waals surface area contributed by atoms with Gasteiger partial charge in [0.1, 0.15) is 12.3 Å². The third-order valence-corrected chi connectivity index (χ3v) is 8.58. The van der Waals surface area contributed by atoms with Gasteiger partial charge in [-0.1, -0.05) is 6.92 Å². The van der Waals surface area contributed by atoms with E-state index in [4.69, 9.17) is 4.74 Å². The van der Waals surface area contributed by atoms with Gasteiger partial charge in [0, 0.05) is 24.5 Å². The van der Waals surface area contributed by atoms with Crippen molar-refractivity contribution in [3.63, 3.8) is 0 Å². The lowest BCUT2D eigenvalue weighted by molar-refractivity contribution is -0.124. The Labute approximate surface area is 207 Å². The number of carbonyl (C=O) groups is 2. The number of benzene rings is 2. The number of amides is 2. The third kappa shape index (κ3) is 4.92. The van der Waals surface area contributed by atoms with Crippen LogP contribution in [0.4, 0.5) is 11.4 Å². The SMILES string of the molecule is CCOc1ccc(NC(=O)CN2C(=O)C(C)(C)c3cc(S(=O)(=O)N4CCC[C@@H](C)C4)ccc32)cc1. The number of sulfonamides is 1. The molecule has 0 aromatic heterocycles. The molecule has 2 amide bonds. The van der Waals surface area contributed by atoms with Gasteiger partial charge in [0.2, 0.25) is 21.8 Å². The van der Waals surface area contributed by atoms with Gasteiger partial charge in [-0.05, 0) is 87.6 Å². The number of hydrogen-bond donors (Lipinski definition) is 1. The molecule has 0 spiro atoms. The average molecular weight is 500 g/mol. The summed E-state index contributed by atoms with van der Waals surface area (Å²) in [6, 6.07) is 11.8. The molecule has 0 unspecified atom stereocenters. The van der Waals surface area contributed by atoms with E-state index in [1.165, 1.54) is 9.21 Å². The molecular formula is C26H33N3O5S. The summed E-state index contributed by atoms with van der Waals surface area (Å²) < 4.78 is 33.6. The van der Waals surface area contributed by atoms with E-state index < -0.39 is 15.4 Å². The van der Waals surface area contributed by atoms with Crippen molar-refractivity contribution in [1.29, 1.82) is 0 Å². The summed E-state index contributed by atoms with van der Waals surface area (Å²) >= 11 is 0. The summed E-state index contributed by atoms with van der Waals surface area (Å²) in [4.78, 5) is 27.6. The second-order valence-electron chi connectivity index (χ2n) is 9.81. The van der Waals surface area contributed by atoms with Crippen LogP contribution in [0, 0.1) is 5.92 Å². The lowest BCUT2D eigenvalue weighted by atomic mass is 9.86. The van der Waals surface area contributed by atoms with Crippen molar-refractivity contribution in [2.24, 2.45) is 5.92 Å². The summed E-state index contributed by atoms with van der Waals surface area (Å²) in [5.74, 6) is 0.441. The zero-order chi connectivity index (χ0) is 25.4. The quantitative estimate of drug-likeness (QED) is 0.626. The van der Waals surface area contributed by atoms with Gasteiger partial charge in [-0.2, -0.15) is 4.31 Å². The monoisotopic (exact) mass is 499 g/mol. The molecule has 9 heteroatoms. The number of nitrogens with one attached hydrogen (secondary N) is 1. The van der Waals surface area contributed by atoms with E-state index >= 15 is 0 Å². The molecule has 1 N–H and O–H groups in total. The van der Waals surface area contributed by atoms with E-state index in [-0.39, 0.29) is 23.3 Å². The first-order valence-corrected chi connectivity index (χ1v) is 13.5. The average Bonchev–Trinajstić information content (AvgIpc) is 3.00. The van der Waals surface area contributed by atoms with Crippen LogP contribution in [0.25, 0.3) is 0 Å². The first-order valence-electron chi connectivity index (χ1n) is 12.0. The Hall–Kier alpha value is -2.91. The van der Waals surface area contributed by atoms with Gasteiger partial charge in [0.15, 0.2) is 0 Å². The molecule has 1 atom stereocenters. The Morgan fingerprint density at radius 3 is 2.54 bits per heavy atom. The molecule has 0 saturated carbocycles. The Kier molecular flexibility index (Phi) is 6.92. The van der Waals surface area contributed by atoms with Crippen LogP contribution < -0.4 is 15.0 Å². The number of fused-ring (bicyclic) bond motifs is 1. The molecule has 0 aliphatic carbocycles. The van der Waals surface area contributed by atoms with E-state index in [1.807, 2.05) is 6.92 Å². The number of rotatable bonds is 7. The van der Waals surface area contributed by atoms with Gasteiger partial charge < -0.3 is 15.0 Å². The molecule has 4 rings (SSSR count). The lowest BCUT2D eigenvalue weighted by Crippen LogP contribution is -2.40. The van der Waals surface area contributed by atoms with Crippen LogP contribution >= 0.6 is 0 Å². The van der Waals surface area contributed by atoms with Gasteiger partial charge in [-0.3, -0.25) is 9.59 Å². The Bertz CT molecular complexity index is 1220. The van der Waals surface area contributed by atoms with Gasteiger partial charge in [0.05, 0.1) is 16.9 Å². The molecule has 188 valence electrons. The van der Waals surface area contributed by atoms with Crippen LogP contribution in [0.2, 0.25) is 0 Å². The molecule has 0 bridgehead atoms. The molecule has 2 aliphatic heterocycles. The second kappa shape index (κ2) is 9.62. The van der Waals surface area contributed by atoms with Crippen LogP contribution in [0.1, 0.15) is 46.1 Å². The fraction of sp³-hybridized carbons (Fsp3) is 0.462. The minimum atomic E-state index is -3.66. The van der Waals surface area contributed by atoms with Crippen LogP contribution in [0.3, 0.4) is 0 Å². The highest BCUT2D eigenvalue weighted by Crippen LogP contribution is 2.43. The van der Waals surface area contributed by atoms with Crippen molar-refractivity contribution in [3.8, 4) is 5.75 Å². The molecule has 2 aromatic rings. The molecule has 8 nitrogen and oxygen atoms in total. The highest BCUT2D eigenvalue weighted by Gasteiger charge is 2.45. The number of anilines is 2. The molecule has 1 saturated heterocycles. The minimum Gasteiger partial charge on any atom is -0.494 e. The number of carbonyl (C=O) groups excluding carboxylic acids is 2. The van der Waals surface area contributed by atoms with E-state index in [2.05, 4.69) is 12.2 Å². The van der Waals surface area contributed by atoms with Crippen molar-refractivity contribution in [1.82, 2.24) is 4.31 Å². The van der Waals surface area contributed by atoms with E-state index in [9.17, 15) is 18.0 Å². The maximum absolute atomic E-state index is 13.3. The highest BCUT2D eigenvalue weighted by molar-refractivity contribution is 7.89. The molecular weight excluding hydrogens is 466 g/mol. The van der Waals surface area contributed by atoms with Crippen LogP contribution in [-0.4, -0.2) is 50.8 Å². The fourth-order valence-electron chi connectivity index (χ4n) is 4.79. The largest absolute Gasteiger partial charge is 0.494 e. The molecule has 0 radical (unpaired) electrons. The zero-order valence-corrected chi connectivity index (χ0v) is 21.5. The van der Waals surface area contributed by atoms with Crippen molar-refractivity contribution < 1.29 is 22.7 Å². The first kappa shape index (κ1) is 25.2. The summed E-state index contributed by atoms with van der Waals surface area (Å²) in [6.45, 7) is 8.87. The summed E-state index contributed by atoms with van der Waals surface area (Å²) in [5.41, 5.74) is 0.826. The highest BCUT2D eigenvalue weighted by atomic mass is 32.2. The Morgan fingerprint density at radius 1 is 1.17 bits per heavy atom. The molecule has 2 heterocycles. The summed E-state index contributed by atoms with van der Waals surface area (Å²) in [6.07, 6.45) is 1.86. The molecule has 2 aliphatic rings. The van der Waals surface area contributed by atoms with Crippen LogP contribution in [0.15, 0.2) is 47.4 Å². The van der Waals surface area contributed by atoms with Crippen LogP contribution in [0.5, 0.6) is 5.75 Å². The maximum Gasteiger partial charge on any atom is 0.244 e. The predicted octanol–water partition coefficient (Wildman–Crippen LogP) is 3.77. The third-order valence-electron chi connectivity index (χ3n) is 6.72. The number of ether oxygens (including phenoxy) is 1. The van der Waals surface area contributed by atoms with Gasteiger partial charge >= 0.3 is 0 Å². The second-order valence-corrected chi connectivity index (χ2v) is 11.7. The van der Waals surface area contributed by atoms with E-state index in [1.54, 1.807) is 56.3 Å². The Morgan fingerprint density at radius 2 is 1.89 bits per heavy atom. The van der Waals surface area contributed by atoms with Crippen molar-refractivity contribution in [2.75, 3.05) is 36.5 Å². The zero-order valence-electron chi connectivity index (χ0n) is 20.7. The van der Waals surface area contributed by atoms with Gasteiger partial charge in [0.25, 0.3) is 0 Å². The van der Waals surface area contributed by atoms with Crippen molar-refractivity contribution in [3.05, 3.63) is 48.0 Å². The van der Waals surface area contributed by atoms with Gasteiger partial charge in [-0.15, -0.1) is 0 Å². The van der Waals surface area contributed by atoms with Gasteiger partial charge in [-0.25, -0.2) is 8.42 Å². The molecule has 1 fully saturated rings.